The van der Waals surface area contributed by atoms with Crippen molar-refractivity contribution in [2.75, 3.05) is 26.9 Å². The lowest BCUT2D eigenvalue weighted by Crippen LogP contribution is -2.51. The molecule has 0 spiro atoms. The summed E-state index contributed by atoms with van der Waals surface area (Å²) in [6.45, 7) is 3.60. The first-order valence-electron chi connectivity index (χ1n) is 7.81. The second-order valence-electron chi connectivity index (χ2n) is 6.03. The Bertz CT molecular complexity index is 498. The summed E-state index contributed by atoms with van der Waals surface area (Å²) in [6.07, 6.45) is 2.16. The van der Waals surface area contributed by atoms with Crippen molar-refractivity contribution in [3.8, 4) is 5.75 Å². The molecule has 2 rings (SSSR count). The average molecular weight is 306 g/mol. The fraction of sp³-hybridized carbons (Fsp3) is 0.588. The molecule has 1 aromatic rings. The van der Waals surface area contributed by atoms with Crippen molar-refractivity contribution in [2.45, 2.75) is 32.2 Å². The van der Waals surface area contributed by atoms with Crippen molar-refractivity contribution in [3.63, 3.8) is 0 Å². The molecule has 1 fully saturated rings. The largest absolute Gasteiger partial charge is 0.497 e. The van der Waals surface area contributed by atoms with E-state index in [-0.39, 0.29) is 11.9 Å². The summed E-state index contributed by atoms with van der Waals surface area (Å²) < 4.78 is 10.6. The van der Waals surface area contributed by atoms with Crippen LogP contribution in [0.2, 0.25) is 0 Å². The minimum Gasteiger partial charge on any atom is -0.497 e. The molecular weight excluding hydrogens is 280 g/mol. The topological polar surface area (TPSA) is 73.6 Å². The Labute approximate surface area is 132 Å². The third kappa shape index (κ3) is 3.99. The summed E-state index contributed by atoms with van der Waals surface area (Å²) in [6, 6.07) is 7.96. The van der Waals surface area contributed by atoms with Gasteiger partial charge in [-0.2, -0.15) is 0 Å². The highest BCUT2D eigenvalue weighted by atomic mass is 16.5. The molecule has 5 nitrogen and oxygen atoms in total. The van der Waals surface area contributed by atoms with Gasteiger partial charge in [0.2, 0.25) is 5.91 Å². The number of carbonyl (C=O) groups is 1. The van der Waals surface area contributed by atoms with Crippen molar-refractivity contribution in [1.82, 2.24) is 5.32 Å². The third-order valence-corrected chi connectivity index (χ3v) is 4.38. The summed E-state index contributed by atoms with van der Waals surface area (Å²) in [5.41, 5.74) is 6.54. The second kappa shape index (κ2) is 7.61. The summed E-state index contributed by atoms with van der Waals surface area (Å²) in [7, 11) is 1.65. The highest BCUT2D eigenvalue weighted by Crippen LogP contribution is 2.29. The number of carbonyl (C=O) groups excluding carboxylic acids is 1. The lowest BCUT2D eigenvalue weighted by atomic mass is 9.79. The SMILES string of the molecule is COc1cccc(CC(C)NC(=O)C2(CN)CCOCC2)c1. The predicted molar refractivity (Wildman–Crippen MR) is 85.8 cm³/mol. The van der Waals surface area contributed by atoms with Crippen LogP contribution in [-0.4, -0.2) is 38.8 Å². The van der Waals surface area contributed by atoms with E-state index in [0.29, 0.717) is 32.6 Å². The number of nitrogens with one attached hydrogen (secondary N) is 1. The predicted octanol–water partition coefficient (Wildman–Crippen LogP) is 1.50. The molecule has 0 bridgehead atoms. The molecule has 1 aliphatic rings. The Morgan fingerprint density at radius 2 is 2.18 bits per heavy atom. The van der Waals surface area contributed by atoms with Crippen LogP contribution in [0.5, 0.6) is 5.75 Å². The Morgan fingerprint density at radius 3 is 2.82 bits per heavy atom. The normalized spacial score (nSPS) is 18.5. The molecule has 1 atom stereocenters. The molecule has 3 N–H and O–H groups in total. The Kier molecular flexibility index (Phi) is 5.80. The molecule has 5 heteroatoms. The molecule has 0 aliphatic carbocycles. The van der Waals surface area contributed by atoms with Gasteiger partial charge in [-0.05, 0) is 43.9 Å². The van der Waals surface area contributed by atoms with Crippen LogP contribution in [0, 0.1) is 5.41 Å². The quantitative estimate of drug-likeness (QED) is 0.835. The van der Waals surface area contributed by atoms with Crippen molar-refractivity contribution in [3.05, 3.63) is 29.8 Å². The highest BCUT2D eigenvalue weighted by Gasteiger charge is 2.39. The second-order valence-corrected chi connectivity index (χ2v) is 6.03. The van der Waals surface area contributed by atoms with E-state index in [1.165, 1.54) is 0 Å². The standard InChI is InChI=1S/C17H26N2O3/c1-13(10-14-4-3-5-15(11-14)21-2)19-16(20)17(12-18)6-8-22-9-7-17/h3-5,11,13H,6-10,12,18H2,1-2H3,(H,19,20). The van der Waals surface area contributed by atoms with Crippen LogP contribution in [0.1, 0.15) is 25.3 Å². The molecule has 1 amide bonds. The molecule has 1 aliphatic heterocycles. The van der Waals surface area contributed by atoms with Crippen molar-refractivity contribution in [2.24, 2.45) is 11.1 Å². The number of methoxy groups -OCH3 is 1. The van der Waals surface area contributed by atoms with Gasteiger partial charge >= 0.3 is 0 Å². The molecule has 1 saturated heterocycles. The van der Waals surface area contributed by atoms with Gasteiger partial charge in [-0.3, -0.25) is 4.79 Å². The average Bonchev–Trinajstić information content (AvgIpc) is 2.55. The van der Waals surface area contributed by atoms with Crippen LogP contribution < -0.4 is 15.8 Å². The zero-order chi connectivity index (χ0) is 16.0. The van der Waals surface area contributed by atoms with Crippen molar-refractivity contribution < 1.29 is 14.3 Å². The van der Waals surface area contributed by atoms with Crippen molar-refractivity contribution >= 4 is 5.91 Å². The number of amides is 1. The fourth-order valence-corrected chi connectivity index (χ4v) is 2.87. The van der Waals surface area contributed by atoms with Gasteiger partial charge < -0.3 is 20.5 Å². The van der Waals surface area contributed by atoms with Crippen LogP contribution in [0.25, 0.3) is 0 Å². The van der Waals surface area contributed by atoms with E-state index in [4.69, 9.17) is 15.2 Å². The van der Waals surface area contributed by atoms with Gasteiger partial charge in [0.25, 0.3) is 0 Å². The first-order valence-corrected chi connectivity index (χ1v) is 7.81. The molecule has 1 unspecified atom stereocenters. The van der Waals surface area contributed by atoms with Crippen LogP contribution in [0.4, 0.5) is 0 Å². The Hall–Kier alpha value is -1.59. The molecule has 1 heterocycles. The molecule has 0 radical (unpaired) electrons. The minimum atomic E-state index is -0.471. The maximum absolute atomic E-state index is 12.6. The van der Waals surface area contributed by atoms with Gasteiger partial charge in [-0.1, -0.05) is 12.1 Å². The van der Waals surface area contributed by atoms with Crippen LogP contribution >= 0.6 is 0 Å². The zero-order valence-corrected chi connectivity index (χ0v) is 13.4. The van der Waals surface area contributed by atoms with E-state index in [9.17, 15) is 4.79 Å². The van der Waals surface area contributed by atoms with Gasteiger partial charge in [0.05, 0.1) is 12.5 Å². The summed E-state index contributed by atoms with van der Waals surface area (Å²) >= 11 is 0. The Morgan fingerprint density at radius 1 is 1.45 bits per heavy atom. The van der Waals surface area contributed by atoms with Gasteiger partial charge in [0, 0.05) is 25.8 Å². The summed E-state index contributed by atoms with van der Waals surface area (Å²) in [5.74, 6) is 0.882. The van der Waals surface area contributed by atoms with E-state index in [2.05, 4.69) is 5.32 Å². The number of hydrogen-bond donors (Lipinski definition) is 2. The first-order chi connectivity index (χ1) is 10.6. The third-order valence-electron chi connectivity index (χ3n) is 4.38. The minimum absolute atomic E-state index is 0.0471. The number of nitrogens with two attached hydrogens (primary N) is 1. The number of rotatable bonds is 6. The van der Waals surface area contributed by atoms with Crippen LogP contribution in [0.15, 0.2) is 24.3 Å². The molecular formula is C17H26N2O3. The summed E-state index contributed by atoms with van der Waals surface area (Å²) in [4.78, 5) is 12.6. The lowest BCUT2D eigenvalue weighted by Gasteiger charge is -2.35. The molecule has 0 saturated carbocycles. The van der Waals surface area contributed by atoms with E-state index >= 15 is 0 Å². The summed E-state index contributed by atoms with van der Waals surface area (Å²) in [5, 5.41) is 3.11. The molecule has 122 valence electrons. The van der Waals surface area contributed by atoms with Gasteiger partial charge in [-0.25, -0.2) is 0 Å². The first kappa shape index (κ1) is 16.8. The van der Waals surface area contributed by atoms with E-state index in [1.807, 2.05) is 31.2 Å². The maximum atomic E-state index is 12.6. The molecule has 22 heavy (non-hydrogen) atoms. The van der Waals surface area contributed by atoms with Crippen molar-refractivity contribution in [1.29, 1.82) is 0 Å². The van der Waals surface area contributed by atoms with Crippen LogP contribution in [-0.2, 0) is 16.0 Å². The van der Waals surface area contributed by atoms with Gasteiger partial charge in [0.1, 0.15) is 5.75 Å². The Balaban J connectivity index is 1.95. The number of hydrogen-bond acceptors (Lipinski definition) is 4. The van der Waals surface area contributed by atoms with Crippen LogP contribution in [0.3, 0.4) is 0 Å². The smallest absolute Gasteiger partial charge is 0.227 e. The fourth-order valence-electron chi connectivity index (χ4n) is 2.87. The van der Waals surface area contributed by atoms with Gasteiger partial charge in [0.15, 0.2) is 0 Å². The monoisotopic (exact) mass is 306 g/mol. The number of ether oxygens (including phenoxy) is 2. The van der Waals surface area contributed by atoms with Gasteiger partial charge in [-0.15, -0.1) is 0 Å². The molecule has 1 aromatic carbocycles. The highest BCUT2D eigenvalue weighted by molar-refractivity contribution is 5.83. The maximum Gasteiger partial charge on any atom is 0.227 e. The zero-order valence-electron chi connectivity index (χ0n) is 13.4. The van der Waals surface area contributed by atoms with E-state index < -0.39 is 5.41 Å². The molecule has 0 aromatic heterocycles. The van der Waals surface area contributed by atoms with E-state index in [0.717, 1.165) is 17.7 Å². The van der Waals surface area contributed by atoms with E-state index in [1.54, 1.807) is 7.11 Å². The lowest BCUT2D eigenvalue weighted by molar-refractivity contribution is -0.136. The number of benzene rings is 1.